The van der Waals surface area contributed by atoms with E-state index in [4.69, 9.17) is 15.3 Å². The van der Waals surface area contributed by atoms with Crippen molar-refractivity contribution in [3.63, 3.8) is 0 Å². The molecule has 0 saturated heterocycles. The van der Waals surface area contributed by atoms with E-state index in [-0.39, 0.29) is 6.42 Å². The predicted octanol–water partition coefficient (Wildman–Crippen LogP) is 5.43. The second-order valence-electron chi connectivity index (χ2n) is 6.82. The van der Waals surface area contributed by atoms with Crippen LogP contribution in [-0.2, 0) is 0 Å². The Morgan fingerprint density at radius 3 is 1.39 bits per heavy atom. The zero-order valence-corrected chi connectivity index (χ0v) is 15.3. The van der Waals surface area contributed by atoms with Gasteiger partial charge in [-0.3, -0.25) is 0 Å². The summed E-state index contributed by atoms with van der Waals surface area (Å²) >= 11 is 0. The monoisotopic (exact) mass is 328 g/mol. The van der Waals surface area contributed by atoms with Crippen LogP contribution in [0, 0.1) is 0 Å². The molecule has 0 fully saturated rings. The lowest BCUT2D eigenvalue weighted by Gasteiger charge is -2.12. The van der Waals surface area contributed by atoms with Gasteiger partial charge in [-0.05, 0) is 32.1 Å². The molecule has 0 amide bonds. The fourth-order valence-electron chi connectivity index (χ4n) is 2.79. The molecule has 0 aliphatic carbocycles. The van der Waals surface area contributed by atoms with Crippen LogP contribution in [-0.4, -0.2) is 21.3 Å². The smallest absolute Gasteiger partial charge is 0.275 e. The third kappa shape index (κ3) is 21.6. The zero-order valence-electron chi connectivity index (χ0n) is 15.3. The second kappa shape index (κ2) is 16.5. The molecule has 0 radical (unpaired) electrons. The standard InChI is InChI=1S/C20H40O3/c1-2-3-4-5-6-7-8-9-10-11-12-13-14-15-16-17-18-19-20(21,22)23/h9-10,21-23H,2-8,11-19H2,1H3/b10-9-. The van der Waals surface area contributed by atoms with Crippen molar-refractivity contribution in [3.05, 3.63) is 12.2 Å². The Bertz CT molecular complexity index is 256. The molecule has 0 aromatic rings. The summed E-state index contributed by atoms with van der Waals surface area (Å²) in [6, 6.07) is 0. The van der Waals surface area contributed by atoms with Gasteiger partial charge in [0.25, 0.3) is 5.97 Å². The average Bonchev–Trinajstić information content (AvgIpc) is 2.49. The molecule has 23 heavy (non-hydrogen) atoms. The summed E-state index contributed by atoms with van der Waals surface area (Å²) in [6.45, 7) is 2.26. The lowest BCUT2D eigenvalue weighted by molar-refractivity contribution is -0.315. The molecular weight excluding hydrogens is 288 g/mol. The van der Waals surface area contributed by atoms with Gasteiger partial charge in [-0.25, -0.2) is 0 Å². The largest absolute Gasteiger partial charge is 0.344 e. The first kappa shape index (κ1) is 22.6. The van der Waals surface area contributed by atoms with Gasteiger partial charge in [0.15, 0.2) is 0 Å². The lowest BCUT2D eigenvalue weighted by atomic mass is 10.1. The van der Waals surface area contributed by atoms with Crippen LogP contribution in [0.15, 0.2) is 12.2 Å². The number of unbranched alkanes of at least 4 members (excludes halogenated alkanes) is 13. The van der Waals surface area contributed by atoms with Crippen molar-refractivity contribution in [2.24, 2.45) is 0 Å². The molecular formula is C20H40O3. The van der Waals surface area contributed by atoms with Gasteiger partial charge in [-0.2, -0.15) is 0 Å². The molecule has 0 spiro atoms. The lowest BCUT2D eigenvalue weighted by Crippen LogP contribution is -2.26. The first-order valence-corrected chi connectivity index (χ1v) is 9.88. The van der Waals surface area contributed by atoms with E-state index in [0.717, 1.165) is 12.8 Å². The predicted molar refractivity (Wildman–Crippen MR) is 98.1 cm³/mol. The molecule has 138 valence electrons. The molecule has 0 atom stereocenters. The topological polar surface area (TPSA) is 60.7 Å². The van der Waals surface area contributed by atoms with Gasteiger partial charge in [0, 0.05) is 6.42 Å². The third-order valence-corrected chi connectivity index (χ3v) is 4.27. The van der Waals surface area contributed by atoms with Crippen LogP contribution in [0.4, 0.5) is 0 Å². The minimum Gasteiger partial charge on any atom is -0.344 e. The third-order valence-electron chi connectivity index (χ3n) is 4.27. The Morgan fingerprint density at radius 1 is 0.565 bits per heavy atom. The molecule has 0 bridgehead atoms. The minimum absolute atomic E-state index is 0.0520. The highest BCUT2D eigenvalue weighted by atomic mass is 16.7. The zero-order chi connectivity index (χ0) is 17.2. The molecule has 0 saturated carbocycles. The molecule has 0 unspecified atom stereocenters. The maximum Gasteiger partial charge on any atom is 0.275 e. The summed E-state index contributed by atoms with van der Waals surface area (Å²) < 4.78 is 0. The molecule has 0 heterocycles. The molecule has 3 N–H and O–H groups in total. The first-order valence-electron chi connectivity index (χ1n) is 9.88. The number of hydrogen-bond donors (Lipinski definition) is 3. The van der Waals surface area contributed by atoms with Crippen molar-refractivity contribution < 1.29 is 15.3 Å². The van der Waals surface area contributed by atoms with E-state index >= 15 is 0 Å². The highest BCUT2D eigenvalue weighted by Crippen LogP contribution is 2.13. The maximum absolute atomic E-state index is 8.75. The number of allylic oxidation sites excluding steroid dienone is 2. The van der Waals surface area contributed by atoms with Crippen LogP contribution in [0.1, 0.15) is 110 Å². The minimum atomic E-state index is -2.47. The van der Waals surface area contributed by atoms with E-state index in [0.29, 0.717) is 6.42 Å². The van der Waals surface area contributed by atoms with E-state index in [9.17, 15) is 0 Å². The van der Waals surface area contributed by atoms with Crippen LogP contribution in [0.2, 0.25) is 0 Å². The fraction of sp³-hybridized carbons (Fsp3) is 0.900. The maximum atomic E-state index is 8.75. The Morgan fingerprint density at radius 2 is 0.957 bits per heavy atom. The Hall–Kier alpha value is -0.380. The van der Waals surface area contributed by atoms with Crippen molar-refractivity contribution in [1.29, 1.82) is 0 Å². The molecule has 0 rings (SSSR count). The van der Waals surface area contributed by atoms with E-state index in [1.807, 2.05) is 0 Å². The van der Waals surface area contributed by atoms with E-state index < -0.39 is 5.97 Å². The molecule has 0 aromatic carbocycles. The van der Waals surface area contributed by atoms with Gasteiger partial charge in [-0.1, -0.05) is 83.3 Å². The van der Waals surface area contributed by atoms with Gasteiger partial charge < -0.3 is 15.3 Å². The van der Waals surface area contributed by atoms with Gasteiger partial charge in [0.05, 0.1) is 0 Å². The number of aliphatic hydroxyl groups is 3. The quantitative estimate of drug-likeness (QED) is 0.189. The molecule has 0 aliphatic rings. The van der Waals surface area contributed by atoms with E-state index in [2.05, 4.69) is 19.1 Å². The van der Waals surface area contributed by atoms with Gasteiger partial charge >= 0.3 is 0 Å². The SMILES string of the molecule is CCCCCCCC/C=C\CCCCCCCCCC(O)(O)O. The summed E-state index contributed by atoms with van der Waals surface area (Å²) in [4.78, 5) is 0. The Kier molecular flexibility index (Phi) is 16.2. The molecule has 0 aliphatic heterocycles. The van der Waals surface area contributed by atoms with Crippen molar-refractivity contribution >= 4 is 0 Å². The first-order chi connectivity index (χ1) is 11.1. The number of rotatable bonds is 17. The highest BCUT2D eigenvalue weighted by Gasteiger charge is 2.16. The summed E-state index contributed by atoms with van der Waals surface area (Å²) in [6.07, 6.45) is 23.2. The number of hydrogen-bond acceptors (Lipinski definition) is 3. The molecule has 3 nitrogen and oxygen atoms in total. The van der Waals surface area contributed by atoms with Gasteiger partial charge in [-0.15, -0.1) is 0 Å². The van der Waals surface area contributed by atoms with Crippen LogP contribution in [0.5, 0.6) is 0 Å². The summed E-state index contributed by atoms with van der Waals surface area (Å²) in [5.41, 5.74) is 0. The second-order valence-corrected chi connectivity index (χ2v) is 6.82. The average molecular weight is 329 g/mol. The normalized spacial score (nSPS) is 12.3. The van der Waals surface area contributed by atoms with Crippen molar-refractivity contribution in [1.82, 2.24) is 0 Å². The van der Waals surface area contributed by atoms with Gasteiger partial charge in [0.1, 0.15) is 0 Å². The van der Waals surface area contributed by atoms with Crippen molar-refractivity contribution in [2.45, 2.75) is 116 Å². The summed E-state index contributed by atoms with van der Waals surface area (Å²) in [7, 11) is 0. The Balaban J connectivity index is 3.11. The Labute approximate surface area is 143 Å². The highest BCUT2D eigenvalue weighted by molar-refractivity contribution is 4.81. The van der Waals surface area contributed by atoms with E-state index in [1.54, 1.807) is 0 Å². The summed E-state index contributed by atoms with van der Waals surface area (Å²) in [5, 5.41) is 26.2. The van der Waals surface area contributed by atoms with E-state index in [1.165, 1.54) is 77.0 Å². The summed E-state index contributed by atoms with van der Waals surface area (Å²) in [5.74, 6) is -2.47. The van der Waals surface area contributed by atoms with Crippen molar-refractivity contribution in [3.8, 4) is 0 Å². The van der Waals surface area contributed by atoms with Crippen LogP contribution >= 0.6 is 0 Å². The van der Waals surface area contributed by atoms with Crippen molar-refractivity contribution in [2.75, 3.05) is 0 Å². The fourth-order valence-corrected chi connectivity index (χ4v) is 2.79. The molecule has 0 aromatic heterocycles. The van der Waals surface area contributed by atoms with Crippen LogP contribution in [0.3, 0.4) is 0 Å². The van der Waals surface area contributed by atoms with Crippen LogP contribution in [0.25, 0.3) is 0 Å². The molecule has 3 heteroatoms. The van der Waals surface area contributed by atoms with Crippen LogP contribution < -0.4 is 0 Å². The van der Waals surface area contributed by atoms with Gasteiger partial charge in [0.2, 0.25) is 0 Å².